The molecule has 2 atom stereocenters. The standard InChI is InChI=1S/C16H27NO/c1-12(2)14(4)17(5)13(3)6-7-15-8-10-16(18)11-9-15/h8-14,18H,6-7H2,1-5H3. The zero-order valence-corrected chi connectivity index (χ0v) is 12.4. The lowest BCUT2D eigenvalue weighted by Crippen LogP contribution is -2.40. The minimum atomic E-state index is 0.345. The Morgan fingerprint density at radius 1 is 1.06 bits per heavy atom. The van der Waals surface area contributed by atoms with E-state index in [-0.39, 0.29) is 0 Å². The molecule has 0 aliphatic heterocycles. The van der Waals surface area contributed by atoms with E-state index in [1.54, 1.807) is 12.1 Å². The number of hydrogen-bond donors (Lipinski definition) is 1. The molecule has 0 spiro atoms. The number of aromatic hydroxyl groups is 1. The van der Waals surface area contributed by atoms with Gasteiger partial charge in [0.2, 0.25) is 0 Å². The van der Waals surface area contributed by atoms with Crippen molar-refractivity contribution in [1.29, 1.82) is 0 Å². The Kier molecular flexibility index (Phi) is 5.67. The summed E-state index contributed by atoms with van der Waals surface area (Å²) in [4.78, 5) is 2.46. The van der Waals surface area contributed by atoms with Crippen molar-refractivity contribution in [3.63, 3.8) is 0 Å². The monoisotopic (exact) mass is 249 g/mol. The zero-order valence-electron chi connectivity index (χ0n) is 12.4. The number of aryl methyl sites for hydroxylation is 1. The lowest BCUT2D eigenvalue weighted by molar-refractivity contribution is 0.151. The van der Waals surface area contributed by atoms with Gasteiger partial charge in [0.25, 0.3) is 0 Å². The summed E-state index contributed by atoms with van der Waals surface area (Å²) in [6, 6.07) is 8.74. The van der Waals surface area contributed by atoms with Crippen LogP contribution in [0.5, 0.6) is 5.75 Å². The third-order valence-corrected chi connectivity index (χ3v) is 4.09. The second-order valence-corrected chi connectivity index (χ2v) is 5.70. The molecular weight excluding hydrogens is 222 g/mol. The molecule has 1 rings (SSSR count). The summed E-state index contributed by atoms with van der Waals surface area (Å²) in [6.07, 6.45) is 2.22. The molecule has 0 bridgehead atoms. The number of rotatable bonds is 6. The van der Waals surface area contributed by atoms with E-state index in [9.17, 15) is 5.11 Å². The number of hydrogen-bond acceptors (Lipinski definition) is 2. The number of phenols is 1. The first kappa shape index (κ1) is 15.0. The fourth-order valence-corrected chi connectivity index (χ4v) is 2.11. The Hall–Kier alpha value is -1.02. The largest absolute Gasteiger partial charge is 0.508 e. The molecule has 2 unspecified atom stereocenters. The highest BCUT2D eigenvalue weighted by atomic mass is 16.3. The minimum absolute atomic E-state index is 0.345. The van der Waals surface area contributed by atoms with E-state index in [2.05, 4.69) is 39.6 Å². The summed E-state index contributed by atoms with van der Waals surface area (Å²) in [7, 11) is 2.21. The van der Waals surface area contributed by atoms with Crippen LogP contribution in [0.4, 0.5) is 0 Å². The lowest BCUT2D eigenvalue weighted by Gasteiger charge is -2.33. The maximum atomic E-state index is 9.25. The predicted molar refractivity (Wildman–Crippen MR) is 78.0 cm³/mol. The Labute approximate surface area is 112 Å². The predicted octanol–water partition coefficient (Wildman–Crippen LogP) is 3.69. The van der Waals surface area contributed by atoms with Gasteiger partial charge in [0, 0.05) is 12.1 Å². The minimum Gasteiger partial charge on any atom is -0.508 e. The first-order chi connectivity index (χ1) is 8.41. The Morgan fingerprint density at radius 3 is 2.11 bits per heavy atom. The van der Waals surface area contributed by atoms with Crippen LogP contribution >= 0.6 is 0 Å². The molecule has 0 saturated carbocycles. The SMILES string of the molecule is CC(C)C(C)N(C)C(C)CCc1ccc(O)cc1. The molecule has 0 aromatic heterocycles. The number of benzene rings is 1. The Morgan fingerprint density at radius 2 is 1.61 bits per heavy atom. The third-order valence-electron chi connectivity index (χ3n) is 4.09. The molecule has 2 nitrogen and oxygen atoms in total. The van der Waals surface area contributed by atoms with E-state index in [4.69, 9.17) is 0 Å². The second kappa shape index (κ2) is 6.79. The first-order valence-corrected chi connectivity index (χ1v) is 6.91. The highest BCUT2D eigenvalue weighted by Crippen LogP contribution is 2.16. The smallest absolute Gasteiger partial charge is 0.115 e. The van der Waals surface area contributed by atoms with Crippen LogP contribution in [-0.4, -0.2) is 29.1 Å². The summed E-state index contributed by atoms with van der Waals surface area (Å²) in [6.45, 7) is 9.13. The molecule has 0 aliphatic rings. The molecule has 1 aromatic rings. The summed E-state index contributed by atoms with van der Waals surface area (Å²) < 4.78 is 0. The first-order valence-electron chi connectivity index (χ1n) is 6.91. The molecule has 0 amide bonds. The highest BCUT2D eigenvalue weighted by molar-refractivity contribution is 5.25. The lowest BCUT2D eigenvalue weighted by atomic mass is 10.0. The van der Waals surface area contributed by atoms with Crippen LogP contribution in [0, 0.1) is 5.92 Å². The Balaban J connectivity index is 2.45. The van der Waals surface area contributed by atoms with Gasteiger partial charge < -0.3 is 10.0 Å². The summed E-state index contributed by atoms with van der Waals surface area (Å²) in [5, 5.41) is 9.25. The van der Waals surface area contributed by atoms with Gasteiger partial charge >= 0.3 is 0 Å². The number of phenolic OH excluding ortho intramolecular Hbond substituents is 1. The van der Waals surface area contributed by atoms with Gasteiger partial charge in [-0.25, -0.2) is 0 Å². The molecule has 1 N–H and O–H groups in total. The van der Waals surface area contributed by atoms with Crippen LogP contribution in [0.1, 0.15) is 39.7 Å². The normalized spacial score (nSPS) is 15.1. The van der Waals surface area contributed by atoms with Crippen molar-refractivity contribution in [2.24, 2.45) is 5.92 Å². The van der Waals surface area contributed by atoms with Gasteiger partial charge in [0.05, 0.1) is 0 Å². The van der Waals surface area contributed by atoms with Crippen molar-refractivity contribution in [1.82, 2.24) is 4.90 Å². The molecule has 0 heterocycles. The number of nitrogens with zero attached hydrogens (tertiary/aromatic N) is 1. The van der Waals surface area contributed by atoms with Gasteiger partial charge in [-0.1, -0.05) is 26.0 Å². The molecule has 1 aromatic carbocycles. The second-order valence-electron chi connectivity index (χ2n) is 5.70. The van der Waals surface area contributed by atoms with Crippen LogP contribution in [0.15, 0.2) is 24.3 Å². The van der Waals surface area contributed by atoms with Crippen molar-refractivity contribution in [2.75, 3.05) is 7.05 Å². The van der Waals surface area contributed by atoms with Crippen molar-refractivity contribution < 1.29 is 5.11 Å². The van der Waals surface area contributed by atoms with E-state index < -0.39 is 0 Å². The van der Waals surface area contributed by atoms with Gasteiger partial charge in [-0.15, -0.1) is 0 Å². The topological polar surface area (TPSA) is 23.5 Å². The third kappa shape index (κ3) is 4.34. The quantitative estimate of drug-likeness (QED) is 0.831. The van der Waals surface area contributed by atoms with Crippen molar-refractivity contribution in [3.05, 3.63) is 29.8 Å². The summed E-state index contributed by atoms with van der Waals surface area (Å²) in [5.74, 6) is 1.03. The Bertz CT molecular complexity index is 345. The van der Waals surface area contributed by atoms with Crippen molar-refractivity contribution >= 4 is 0 Å². The van der Waals surface area contributed by atoms with Gasteiger partial charge in [-0.05, 0) is 57.4 Å². The van der Waals surface area contributed by atoms with Gasteiger partial charge in [-0.2, -0.15) is 0 Å². The van der Waals surface area contributed by atoms with Crippen molar-refractivity contribution in [3.8, 4) is 5.75 Å². The summed E-state index contributed by atoms with van der Waals surface area (Å²) in [5.41, 5.74) is 1.30. The molecule has 102 valence electrons. The van der Waals surface area contributed by atoms with E-state index in [1.807, 2.05) is 12.1 Å². The fraction of sp³-hybridized carbons (Fsp3) is 0.625. The average Bonchev–Trinajstić information content (AvgIpc) is 2.35. The van der Waals surface area contributed by atoms with Gasteiger partial charge in [-0.3, -0.25) is 0 Å². The summed E-state index contributed by atoms with van der Waals surface area (Å²) >= 11 is 0. The fourth-order valence-electron chi connectivity index (χ4n) is 2.11. The van der Waals surface area contributed by atoms with Crippen molar-refractivity contribution in [2.45, 2.75) is 52.6 Å². The molecule has 0 fully saturated rings. The molecule has 0 aliphatic carbocycles. The van der Waals surface area contributed by atoms with Crippen LogP contribution < -0.4 is 0 Å². The molecule has 18 heavy (non-hydrogen) atoms. The van der Waals surface area contributed by atoms with E-state index >= 15 is 0 Å². The molecular formula is C16H27NO. The maximum absolute atomic E-state index is 9.25. The van der Waals surface area contributed by atoms with Crippen LogP contribution in [0.2, 0.25) is 0 Å². The van der Waals surface area contributed by atoms with E-state index in [1.165, 1.54) is 5.56 Å². The van der Waals surface area contributed by atoms with E-state index in [0.717, 1.165) is 12.8 Å². The zero-order chi connectivity index (χ0) is 13.7. The van der Waals surface area contributed by atoms with Crippen LogP contribution in [-0.2, 0) is 6.42 Å². The van der Waals surface area contributed by atoms with E-state index in [0.29, 0.717) is 23.8 Å². The van der Waals surface area contributed by atoms with Crippen LogP contribution in [0.25, 0.3) is 0 Å². The van der Waals surface area contributed by atoms with Gasteiger partial charge in [0.15, 0.2) is 0 Å². The molecule has 0 saturated heterocycles. The maximum Gasteiger partial charge on any atom is 0.115 e. The average molecular weight is 249 g/mol. The molecule has 2 heteroatoms. The van der Waals surface area contributed by atoms with Gasteiger partial charge in [0.1, 0.15) is 5.75 Å². The molecule has 0 radical (unpaired) electrons. The van der Waals surface area contributed by atoms with Crippen LogP contribution in [0.3, 0.4) is 0 Å². The highest BCUT2D eigenvalue weighted by Gasteiger charge is 2.18.